The molecular weight excluding hydrogens is 468 g/mol. The van der Waals surface area contributed by atoms with E-state index in [0.717, 1.165) is 48.3 Å². The zero-order chi connectivity index (χ0) is 26.3. The van der Waals surface area contributed by atoms with Gasteiger partial charge >= 0.3 is 0 Å². The van der Waals surface area contributed by atoms with Crippen molar-refractivity contribution < 1.29 is 14.4 Å². The van der Waals surface area contributed by atoms with Crippen molar-refractivity contribution in [2.75, 3.05) is 25.5 Å². The topological polar surface area (TPSA) is 120 Å². The van der Waals surface area contributed by atoms with Crippen LogP contribution in [0.3, 0.4) is 0 Å². The summed E-state index contributed by atoms with van der Waals surface area (Å²) in [5.41, 5.74) is 17.4. The van der Waals surface area contributed by atoms with E-state index >= 15 is 0 Å². The number of likely N-dealkylation sites (tertiary alicyclic amines) is 1. The summed E-state index contributed by atoms with van der Waals surface area (Å²) in [7, 11) is 1.89. The average Bonchev–Trinajstić information content (AvgIpc) is 3.54. The summed E-state index contributed by atoms with van der Waals surface area (Å²) < 4.78 is 0. The standard InChI is InChI=1S/C28H32N6O3/c1-16(2)26(35)30-20-12-10-18(11-13-20)23-21(22-24(33(23)3)27(36)32-31-25(22)29)17-6-8-19(9-7-17)28(37)34-14-4-5-15-34/h6-13,22,24-25,31H,1,4-5,14-15,29H2,2-3H3,(H,30,35)(H,32,36). The molecule has 3 atom stereocenters. The van der Waals surface area contributed by atoms with Gasteiger partial charge < -0.3 is 20.9 Å². The van der Waals surface area contributed by atoms with Gasteiger partial charge in [-0.25, -0.2) is 5.43 Å². The molecule has 5 rings (SSSR count). The molecule has 2 fully saturated rings. The van der Waals surface area contributed by atoms with E-state index in [2.05, 4.69) is 22.7 Å². The van der Waals surface area contributed by atoms with Crippen molar-refractivity contribution in [1.82, 2.24) is 20.7 Å². The highest BCUT2D eigenvalue weighted by Crippen LogP contribution is 2.46. The number of carbonyl (C=O) groups is 3. The minimum atomic E-state index is -0.502. The van der Waals surface area contributed by atoms with Gasteiger partial charge in [-0.2, -0.15) is 0 Å². The van der Waals surface area contributed by atoms with Gasteiger partial charge in [-0.05, 0) is 60.7 Å². The number of nitrogens with zero attached hydrogens (tertiary/aromatic N) is 2. The Hall–Kier alpha value is -3.95. The minimum Gasteiger partial charge on any atom is -0.361 e. The molecule has 0 bridgehead atoms. The molecule has 3 unspecified atom stereocenters. The summed E-state index contributed by atoms with van der Waals surface area (Å²) in [6.45, 7) is 6.92. The van der Waals surface area contributed by atoms with Crippen molar-refractivity contribution >= 4 is 34.7 Å². The third-order valence-electron chi connectivity index (χ3n) is 7.36. The molecule has 0 aliphatic carbocycles. The lowest BCUT2D eigenvalue weighted by Crippen LogP contribution is -2.65. The molecule has 2 aromatic rings. The second-order valence-corrected chi connectivity index (χ2v) is 9.89. The molecule has 5 N–H and O–H groups in total. The molecule has 37 heavy (non-hydrogen) atoms. The van der Waals surface area contributed by atoms with Crippen LogP contribution < -0.4 is 21.9 Å². The number of rotatable bonds is 5. The first-order valence-corrected chi connectivity index (χ1v) is 12.5. The summed E-state index contributed by atoms with van der Waals surface area (Å²) in [6, 6.07) is 14.6. The van der Waals surface area contributed by atoms with Gasteiger partial charge in [0.2, 0.25) is 0 Å². The normalized spacial score (nSPS) is 23.1. The molecule has 0 aromatic heterocycles. The molecule has 2 aromatic carbocycles. The largest absolute Gasteiger partial charge is 0.361 e. The van der Waals surface area contributed by atoms with E-state index in [1.807, 2.05) is 65.4 Å². The summed E-state index contributed by atoms with van der Waals surface area (Å²) in [5.74, 6) is -0.666. The van der Waals surface area contributed by atoms with E-state index in [1.165, 1.54) is 0 Å². The quantitative estimate of drug-likeness (QED) is 0.467. The van der Waals surface area contributed by atoms with Gasteiger partial charge in [-0.1, -0.05) is 30.8 Å². The number of nitrogens with one attached hydrogen (secondary N) is 3. The zero-order valence-corrected chi connectivity index (χ0v) is 21.1. The Morgan fingerprint density at radius 3 is 2.27 bits per heavy atom. The van der Waals surface area contributed by atoms with Gasteiger partial charge in [0, 0.05) is 48.6 Å². The Morgan fingerprint density at radius 1 is 1.03 bits per heavy atom. The van der Waals surface area contributed by atoms with Crippen LogP contribution in [-0.4, -0.2) is 59.9 Å². The van der Waals surface area contributed by atoms with E-state index in [4.69, 9.17) is 5.73 Å². The second-order valence-electron chi connectivity index (χ2n) is 9.89. The van der Waals surface area contributed by atoms with Gasteiger partial charge in [-0.15, -0.1) is 0 Å². The third-order valence-corrected chi connectivity index (χ3v) is 7.36. The molecule has 2 saturated heterocycles. The number of anilines is 1. The lowest BCUT2D eigenvalue weighted by Gasteiger charge is -2.36. The monoisotopic (exact) mass is 500 g/mol. The van der Waals surface area contributed by atoms with Gasteiger partial charge in [0.1, 0.15) is 6.04 Å². The van der Waals surface area contributed by atoms with E-state index in [9.17, 15) is 14.4 Å². The maximum atomic E-state index is 12.9. The summed E-state index contributed by atoms with van der Waals surface area (Å²) in [5, 5.41) is 2.82. The molecular formula is C28H32N6O3. The zero-order valence-electron chi connectivity index (χ0n) is 21.1. The number of amides is 3. The Bertz CT molecular complexity index is 1280. The Balaban J connectivity index is 1.54. The molecule has 3 aliphatic heterocycles. The molecule has 9 heteroatoms. The SMILES string of the molecule is C=C(C)C(=O)Nc1ccc(C2=C(c3ccc(C(=O)N4CCCC4)cc3)C3C(N)NNC(=O)C3N2C)cc1. The van der Waals surface area contributed by atoms with E-state index in [-0.39, 0.29) is 23.6 Å². The molecule has 9 nitrogen and oxygen atoms in total. The smallest absolute Gasteiger partial charge is 0.257 e. The number of nitrogens with two attached hydrogens (primary N) is 1. The lowest BCUT2D eigenvalue weighted by atomic mass is 9.84. The van der Waals surface area contributed by atoms with E-state index < -0.39 is 12.2 Å². The van der Waals surface area contributed by atoms with Gasteiger partial charge in [-0.3, -0.25) is 19.8 Å². The maximum Gasteiger partial charge on any atom is 0.257 e. The first kappa shape index (κ1) is 24.7. The van der Waals surface area contributed by atoms with Crippen LogP contribution in [0.25, 0.3) is 11.3 Å². The minimum absolute atomic E-state index is 0.0440. The van der Waals surface area contributed by atoms with Crippen LogP contribution in [-0.2, 0) is 9.59 Å². The van der Waals surface area contributed by atoms with Crippen molar-refractivity contribution in [2.24, 2.45) is 11.7 Å². The highest BCUT2D eigenvalue weighted by atomic mass is 16.2. The second kappa shape index (κ2) is 9.84. The number of hydrazine groups is 1. The number of benzene rings is 2. The number of likely N-dealkylation sites (N-methyl/N-ethyl adjacent to an activating group) is 1. The van der Waals surface area contributed by atoms with Crippen LogP contribution in [0.1, 0.15) is 41.3 Å². The molecule has 3 aliphatic rings. The first-order chi connectivity index (χ1) is 17.8. The third kappa shape index (κ3) is 4.52. The summed E-state index contributed by atoms with van der Waals surface area (Å²) in [6.07, 6.45) is 1.58. The van der Waals surface area contributed by atoms with Crippen LogP contribution in [0, 0.1) is 5.92 Å². The predicted molar refractivity (Wildman–Crippen MR) is 143 cm³/mol. The fraction of sp³-hybridized carbons (Fsp3) is 0.321. The van der Waals surface area contributed by atoms with E-state index in [1.54, 1.807) is 6.92 Å². The first-order valence-electron chi connectivity index (χ1n) is 12.5. The van der Waals surface area contributed by atoms with Crippen LogP contribution in [0.5, 0.6) is 0 Å². The lowest BCUT2D eigenvalue weighted by molar-refractivity contribution is -0.129. The van der Waals surface area contributed by atoms with Crippen LogP contribution in [0.4, 0.5) is 5.69 Å². The number of hydrogen-bond donors (Lipinski definition) is 4. The number of fused-ring (bicyclic) bond motifs is 1. The van der Waals surface area contributed by atoms with Gasteiger partial charge in [0.05, 0.1) is 6.17 Å². The molecule has 3 amide bonds. The summed E-state index contributed by atoms with van der Waals surface area (Å²) >= 11 is 0. The maximum absolute atomic E-state index is 12.9. The molecule has 0 spiro atoms. The molecule has 0 radical (unpaired) electrons. The fourth-order valence-corrected chi connectivity index (χ4v) is 5.45. The van der Waals surface area contributed by atoms with E-state index in [0.29, 0.717) is 16.8 Å². The van der Waals surface area contributed by atoms with Gasteiger partial charge in [0.15, 0.2) is 0 Å². The highest BCUT2D eigenvalue weighted by Gasteiger charge is 2.49. The molecule has 3 heterocycles. The average molecular weight is 501 g/mol. The van der Waals surface area contributed by atoms with Crippen molar-refractivity contribution in [2.45, 2.75) is 32.0 Å². The number of hydrogen-bond acceptors (Lipinski definition) is 6. The van der Waals surface area contributed by atoms with Crippen molar-refractivity contribution in [3.63, 3.8) is 0 Å². The van der Waals surface area contributed by atoms with Crippen molar-refractivity contribution in [1.29, 1.82) is 0 Å². The number of carbonyl (C=O) groups excluding carboxylic acids is 3. The Morgan fingerprint density at radius 2 is 1.65 bits per heavy atom. The highest BCUT2D eigenvalue weighted by molar-refractivity contribution is 6.04. The summed E-state index contributed by atoms with van der Waals surface area (Å²) in [4.78, 5) is 41.7. The van der Waals surface area contributed by atoms with Crippen LogP contribution in [0.15, 0.2) is 60.7 Å². The van der Waals surface area contributed by atoms with Crippen molar-refractivity contribution in [3.8, 4) is 0 Å². The fourth-order valence-electron chi connectivity index (χ4n) is 5.45. The van der Waals surface area contributed by atoms with Crippen LogP contribution >= 0.6 is 0 Å². The Labute approximate surface area is 216 Å². The molecule has 192 valence electrons. The van der Waals surface area contributed by atoms with Crippen LogP contribution in [0.2, 0.25) is 0 Å². The predicted octanol–water partition coefficient (Wildman–Crippen LogP) is 2.15. The van der Waals surface area contributed by atoms with Gasteiger partial charge in [0.25, 0.3) is 17.7 Å². The van der Waals surface area contributed by atoms with Crippen molar-refractivity contribution in [3.05, 3.63) is 77.4 Å². The Kier molecular flexibility index (Phi) is 6.57. The molecule has 0 saturated carbocycles.